The van der Waals surface area contributed by atoms with Crippen LogP contribution in [0.25, 0.3) is 0 Å². The van der Waals surface area contributed by atoms with Crippen LogP contribution in [0.15, 0.2) is 12.2 Å². The maximum Gasteiger partial charge on any atom is 1.00 e. The standard InChI is InChI=1S/C12H17.Li/c1-9(2)10-6-7-11(8-10)12(3,4)5;/h6-8H,1H2,2-5H3;/q;+1. The van der Waals surface area contributed by atoms with Gasteiger partial charge in [0.15, 0.2) is 0 Å². The number of allylic oxidation sites excluding steroid dienone is 1. The Labute approximate surface area is 95.4 Å². The van der Waals surface area contributed by atoms with E-state index < -0.39 is 0 Å². The third-order valence-electron chi connectivity index (χ3n) is 2.11. The van der Waals surface area contributed by atoms with Crippen molar-refractivity contribution in [2.24, 2.45) is 5.41 Å². The summed E-state index contributed by atoms with van der Waals surface area (Å²) in [6.07, 6.45) is 6.55. The van der Waals surface area contributed by atoms with Gasteiger partial charge in [-0.15, -0.1) is 0 Å². The minimum atomic E-state index is 0. The summed E-state index contributed by atoms with van der Waals surface area (Å²) in [7, 11) is 0. The van der Waals surface area contributed by atoms with Gasteiger partial charge in [-0.1, -0.05) is 32.9 Å². The minimum Gasteiger partial charge on any atom is -0.0995 e. The predicted molar refractivity (Wildman–Crippen MR) is 53.7 cm³/mol. The molecule has 1 heteroatoms. The van der Waals surface area contributed by atoms with Crippen LogP contribution in [-0.2, 0) is 0 Å². The molecule has 0 heterocycles. The Morgan fingerprint density at radius 2 is 1.77 bits per heavy atom. The van der Waals surface area contributed by atoms with Crippen LogP contribution in [0, 0.1) is 36.5 Å². The van der Waals surface area contributed by atoms with Crippen molar-refractivity contribution in [3.05, 3.63) is 43.3 Å². The van der Waals surface area contributed by atoms with Crippen molar-refractivity contribution in [3.63, 3.8) is 0 Å². The van der Waals surface area contributed by atoms with Gasteiger partial charge in [-0.3, -0.25) is 0 Å². The molecule has 0 spiro atoms. The third-order valence-corrected chi connectivity index (χ3v) is 2.11. The van der Waals surface area contributed by atoms with E-state index in [1.807, 2.05) is 6.92 Å². The molecule has 0 aromatic heterocycles. The summed E-state index contributed by atoms with van der Waals surface area (Å²) in [6.45, 7) is 12.6. The predicted octanol–water partition coefficient (Wildman–Crippen LogP) is 0.388. The van der Waals surface area contributed by atoms with Crippen molar-refractivity contribution < 1.29 is 18.9 Å². The van der Waals surface area contributed by atoms with Crippen LogP contribution in [0.5, 0.6) is 0 Å². The summed E-state index contributed by atoms with van der Waals surface area (Å²) in [4.78, 5) is 0. The van der Waals surface area contributed by atoms with Gasteiger partial charge in [-0.05, 0) is 37.5 Å². The molecule has 1 saturated carbocycles. The van der Waals surface area contributed by atoms with Crippen molar-refractivity contribution in [3.8, 4) is 0 Å². The molecule has 1 aliphatic carbocycles. The van der Waals surface area contributed by atoms with Crippen LogP contribution in [0.1, 0.15) is 27.7 Å². The molecule has 0 aromatic carbocycles. The quantitative estimate of drug-likeness (QED) is 0.497. The van der Waals surface area contributed by atoms with Crippen LogP contribution >= 0.6 is 0 Å². The summed E-state index contributed by atoms with van der Waals surface area (Å²) in [5.41, 5.74) is 1.40. The first-order chi connectivity index (χ1) is 5.41. The minimum absolute atomic E-state index is 0. The van der Waals surface area contributed by atoms with E-state index >= 15 is 0 Å². The van der Waals surface area contributed by atoms with E-state index in [4.69, 9.17) is 0 Å². The number of rotatable bonds is 1. The average molecular weight is 168 g/mol. The second-order valence-corrected chi connectivity index (χ2v) is 4.42. The number of hydrogen-bond acceptors (Lipinski definition) is 0. The molecular weight excluding hydrogens is 151 g/mol. The van der Waals surface area contributed by atoms with Gasteiger partial charge in [0.05, 0.1) is 0 Å². The van der Waals surface area contributed by atoms with E-state index in [0.717, 1.165) is 5.57 Å². The maximum absolute atomic E-state index is 3.92. The van der Waals surface area contributed by atoms with Gasteiger partial charge >= 0.3 is 18.9 Å². The van der Waals surface area contributed by atoms with E-state index in [1.165, 1.54) is 11.8 Å². The summed E-state index contributed by atoms with van der Waals surface area (Å²) < 4.78 is 0. The molecule has 65 valence electrons. The summed E-state index contributed by atoms with van der Waals surface area (Å²) in [5.74, 6) is 2.65. The van der Waals surface area contributed by atoms with Crippen LogP contribution in [0.4, 0.5) is 0 Å². The van der Waals surface area contributed by atoms with Gasteiger partial charge in [-0.2, -0.15) is 0 Å². The molecule has 0 unspecified atom stereocenters. The first-order valence-electron chi connectivity index (χ1n) is 4.34. The summed E-state index contributed by atoms with van der Waals surface area (Å²) in [6, 6.07) is 0. The monoisotopic (exact) mass is 168 g/mol. The second kappa shape index (κ2) is 4.72. The van der Waals surface area contributed by atoms with E-state index in [0.29, 0.717) is 0 Å². The molecule has 0 bridgehead atoms. The molecule has 0 atom stereocenters. The maximum atomic E-state index is 3.92. The van der Waals surface area contributed by atoms with Gasteiger partial charge in [0, 0.05) is 5.92 Å². The zero-order valence-corrected chi connectivity index (χ0v) is 9.44. The Balaban J connectivity index is 0.00000144. The van der Waals surface area contributed by atoms with Gasteiger partial charge in [0.1, 0.15) is 0 Å². The molecule has 0 N–H and O–H groups in total. The van der Waals surface area contributed by atoms with E-state index in [1.54, 1.807) is 0 Å². The molecule has 1 rings (SSSR count). The largest absolute Gasteiger partial charge is 1.00 e. The average Bonchev–Trinajstić information content (AvgIpc) is 2.30. The zero-order valence-electron chi connectivity index (χ0n) is 9.44. The van der Waals surface area contributed by atoms with Crippen molar-refractivity contribution in [1.82, 2.24) is 0 Å². The van der Waals surface area contributed by atoms with Crippen LogP contribution < -0.4 is 18.9 Å². The third kappa shape index (κ3) is 3.53. The Morgan fingerprint density at radius 1 is 1.23 bits per heavy atom. The second-order valence-electron chi connectivity index (χ2n) is 4.42. The Kier molecular flexibility index (Phi) is 4.84. The first-order valence-corrected chi connectivity index (χ1v) is 4.34. The fourth-order valence-corrected chi connectivity index (χ4v) is 1.18. The van der Waals surface area contributed by atoms with Crippen molar-refractivity contribution in [1.29, 1.82) is 0 Å². The Morgan fingerprint density at radius 3 is 2.00 bits per heavy atom. The molecule has 0 saturated heterocycles. The van der Waals surface area contributed by atoms with E-state index in [-0.39, 0.29) is 24.3 Å². The van der Waals surface area contributed by atoms with Crippen molar-refractivity contribution in [2.45, 2.75) is 27.7 Å². The Hall–Kier alpha value is 0.337. The topological polar surface area (TPSA) is 0 Å². The summed E-state index contributed by atoms with van der Waals surface area (Å²) >= 11 is 0. The van der Waals surface area contributed by atoms with Gasteiger partial charge in [-0.25, -0.2) is 0 Å². The SMILES string of the molecule is C=C(C)[C]1[CH][CH][C](C(C)(C)C)[CH]1.[Li+]. The van der Waals surface area contributed by atoms with Crippen LogP contribution in [-0.4, -0.2) is 0 Å². The normalized spacial score (nSPS) is 20.0. The van der Waals surface area contributed by atoms with E-state index in [9.17, 15) is 0 Å². The first kappa shape index (κ1) is 13.3. The Bertz CT molecular complexity index is 176. The van der Waals surface area contributed by atoms with Crippen LogP contribution in [0.2, 0.25) is 0 Å². The molecule has 0 aromatic rings. The van der Waals surface area contributed by atoms with E-state index in [2.05, 4.69) is 46.6 Å². The molecule has 1 aliphatic rings. The molecular formula is C12H17Li+. The zero-order chi connectivity index (χ0) is 9.35. The summed E-state index contributed by atoms with van der Waals surface area (Å²) in [5, 5.41) is 0. The van der Waals surface area contributed by atoms with Crippen LogP contribution in [0.3, 0.4) is 0 Å². The fourth-order valence-electron chi connectivity index (χ4n) is 1.18. The molecule has 1 fully saturated rings. The van der Waals surface area contributed by atoms with Crippen molar-refractivity contribution >= 4 is 0 Å². The molecule has 0 amide bonds. The number of hydrogen-bond donors (Lipinski definition) is 0. The smallest absolute Gasteiger partial charge is 0.0995 e. The van der Waals surface area contributed by atoms with Gasteiger partial charge < -0.3 is 0 Å². The molecule has 13 heavy (non-hydrogen) atoms. The van der Waals surface area contributed by atoms with Gasteiger partial charge in [0.2, 0.25) is 0 Å². The molecule has 5 radical (unpaired) electrons. The fraction of sp³-hybridized carbons (Fsp3) is 0.417. The van der Waals surface area contributed by atoms with Crippen molar-refractivity contribution in [2.75, 3.05) is 0 Å². The molecule has 0 nitrogen and oxygen atoms in total. The van der Waals surface area contributed by atoms with Gasteiger partial charge in [0.25, 0.3) is 0 Å². The molecule has 0 aliphatic heterocycles.